The van der Waals surface area contributed by atoms with Crippen molar-refractivity contribution in [1.82, 2.24) is 0 Å². The summed E-state index contributed by atoms with van der Waals surface area (Å²) in [6.45, 7) is 17.4. The summed E-state index contributed by atoms with van der Waals surface area (Å²) in [5.41, 5.74) is 0.356. The van der Waals surface area contributed by atoms with E-state index in [0.717, 1.165) is 0 Å². The first kappa shape index (κ1) is 15.4. The van der Waals surface area contributed by atoms with Crippen LogP contribution < -0.4 is 5.14 Å². The third-order valence-corrected chi connectivity index (χ3v) is 11.7. The van der Waals surface area contributed by atoms with E-state index in [1.54, 1.807) is 10.8 Å². The van der Waals surface area contributed by atoms with Gasteiger partial charge in [-0.15, -0.1) is 0 Å². The molecule has 0 spiro atoms. The number of hydrogen-bond acceptors (Lipinski definition) is 3. The van der Waals surface area contributed by atoms with Gasteiger partial charge in [0.05, 0.1) is 11.5 Å². The monoisotopic (exact) mass is 301 g/mol. The lowest BCUT2D eigenvalue weighted by molar-refractivity contribution is 0.676. The van der Waals surface area contributed by atoms with Crippen molar-refractivity contribution in [3.63, 3.8) is 0 Å². The van der Waals surface area contributed by atoms with Crippen molar-refractivity contribution < 1.29 is 4.21 Å². The summed E-state index contributed by atoms with van der Waals surface area (Å²) < 4.78 is 17.1. The Morgan fingerprint density at radius 3 is 2.44 bits per heavy atom. The van der Waals surface area contributed by atoms with Crippen molar-refractivity contribution in [2.45, 2.75) is 43.8 Å². The number of thiophene rings is 1. The van der Waals surface area contributed by atoms with Gasteiger partial charge in [-0.25, -0.2) is 14.2 Å². The van der Waals surface area contributed by atoms with Crippen LogP contribution in [0.5, 0.6) is 0 Å². The molecule has 0 fully saturated rings. The largest absolute Gasteiger partial charge is 0.262 e. The maximum atomic E-state index is 12.6. The van der Waals surface area contributed by atoms with Gasteiger partial charge in [0.25, 0.3) is 0 Å². The molecule has 0 saturated heterocycles. The van der Waals surface area contributed by atoms with Crippen molar-refractivity contribution >= 4 is 35.2 Å². The molecule has 1 aromatic heterocycles. The van der Waals surface area contributed by atoms with E-state index >= 15 is 0 Å². The number of nitrogens with zero attached hydrogens (tertiary/aromatic N) is 2. The molecule has 0 saturated carbocycles. The lowest BCUT2D eigenvalue weighted by Gasteiger charge is -2.32. The van der Waals surface area contributed by atoms with Gasteiger partial charge in [-0.2, -0.15) is 11.3 Å². The Hall–Kier alpha value is -0.683. The number of nitrogens with two attached hydrogens (primary N) is 1. The summed E-state index contributed by atoms with van der Waals surface area (Å²) in [4.78, 5) is 3.73. The van der Waals surface area contributed by atoms with E-state index in [0.29, 0.717) is 10.6 Å². The van der Waals surface area contributed by atoms with Crippen LogP contribution in [-0.4, -0.2) is 12.4 Å². The van der Waals surface area contributed by atoms with E-state index in [4.69, 9.17) is 11.7 Å². The quantitative estimate of drug-likeness (QED) is 0.651. The van der Waals surface area contributed by atoms with Crippen LogP contribution in [0.4, 0.5) is 5.69 Å². The molecule has 4 nitrogen and oxygen atoms in total. The second-order valence-corrected chi connectivity index (χ2v) is 13.4. The van der Waals surface area contributed by atoms with Crippen LogP contribution in [0.3, 0.4) is 0 Å². The van der Waals surface area contributed by atoms with Gasteiger partial charge in [-0.3, -0.25) is 4.03 Å². The van der Waals surface area contributed by atoms with E-state index in [1.807, 2.05) is 13.1 Å². The molecule has 0 bridgehead atoms. The Morgan fingerprint density at radius 1 is 1.44 bits per heavy atom. The van der Waals surface area contributed by atoms with Crippen LogP contribution in [0.15, 0.2) is 19.7 Å². The highest BCUT2D eigenvalue weighted by molar-refractivity contribution is 7.92. The third-order valence-electron chi connectivity index (χ3n) is 3.24. The zero-order valence-corrected chi connectivity index (χ0v) is 14.0. The Bertz CT molecular complexity index is 599. The predicted octanol–water partition coefficient (Wildman–Crippen LogP) is 4.00. The maximum absolute atomic E-state index is 12.6. The zero-order chi connectivity index (χ0) is 14.2. The Morgan fingerprint density at radius 2 is 2.00 bits per heavy atom. The van der Waals surface area contributed by atoms with Gasteiger partial charge in [0.15, 0.2) is 8.24 Å². The average molecular weight is 302 g/mol. The molecule has 0 aliphatic carbocycles. The van der Waals surface area contributed by atoms with Gasteiger partial charge in [-0.05, 0) is 28.9 Å². The van der Waals surface area contributed by atoms with Crippen molar-refractivity contribution in [2.24, 2.45) is 9.17 Å². The second kappa shape index (κ2) is 4.77. The SMILES string of the molecule is [C-]#[N+]c1cscc1S(N)(=O)=N[Si](C)(C)C(C)(C)C. The van der Waals surface area contributed by atoms with E-state index in [9.17, 15) is 4.21 Å². The number of rotatable bonds is 2. The number of hydrogen-bond donors (Lipinski definition) is 1. The summed E-state index contributed by atoms with van der Waals surface area (Å²) in [7, 11) is -5.07. The standard InChI is InChI=1S/C11H19N3OS2Si/c1-11(2,3)18(5,6)14-17(12,15)10-8-16-7-9(10)13-4/h7-8H,1-3,5-6H3,(H2,12,14,15). The Balaban J connectivity index is 3.41. The van der Waals surface area contributed by atoms with Crippen LogP contribution >= 0.6 is 11.3 Å². The van der Waals surface area contributed by atoms with Crippen LogP contribution in [0.1, 0.15) is 20.8 Å². The minimum Gasteiger partial charge on any atom is -0.262 e. The first-order valence-corrected chi connectivity index (χ1v) is 11.0. The molecule has 0 amide bonds. The molecule has 100 valence electrons. The van der Waals surface area contributed by atoms with Gasteiger partial charge in [0, 0.05) is 0 Å². The minimum atomic E-state index is -2.97. The van der Waals surface area contributed by atoms with Crippen LogP contribution in [-0.2, 0) is 9.92 Å². The fourth-order valence-corrected chi connectivity index (χ4v) is 7.12. The summed E-state index contributed by atoms with van der Waals surface area (Å²) in [6.07, 6.45) is 0. The summed E-state index contributed by atoms with van der Waals surface area (Å²) in [5.74, 6) is 0. The molecule has 1 heterocycles. The molecule has 18 heavy (non-hydrogen) atoms. The fourth-order valence-electron chi connectivity index (χ4n) is 1.10. The van der Waals surface area contributed by atoms with Crippen molar-refractivity contribution in [3.05, 3.63) is 22.2 Å². The molecular formula is C11H19N3OS2Si. The molecular weight excluding hydrogens is 282 g/mol. The smallest absolute Gasteiger partial charge is 0.215 e. The molecule has 7 heteroatoms. The van der Waals surface area contributed by atoms with Crippen molar-refractivity contribution in [2.75, 3.05) is 0 Å². The molecule has 0 aliphatic rings. The molecule has 1 rings (SSSR count). The fraction of sp³-hybridized carbons (Fsp3) is 0.545. The van der Waals surface area contributed by atoms with Crippen LogP contribution in [0.2, 0.25) is 18.1 Å². The highest BCUT2D eigenvalue weighted by Gasteiger charge is 2.37. The molecule has 1 unspecified atom stereocenters. The van der Waals surface area contributed by atoms with Crippen LogP contribution in [0.25, 0.3) is 4.85 Å². The van der Waals surface area contributed by atoms with Gasteiger partial charge >= 0.3 is 0 Å². The molecule has 2 N–H and O–H groups in total. The van der Waals surface area contributed by atoms with Gasteiger partial charge in [0.1, 0.15) is 9.92 Å². The maximum Gasteiger partial charge on any atom is 0.215 e. The van der Waals surface area contributed by atoms with E-state index in [-0.39, 0.29) is 5.04 Å². The predicted molar refractivity (Wildman–Crippen MR) is 80.8 cm³/mol. The highest BCUT2D eigenvalue weighted by Crippen LogP contribution is 2.39. The van der Waals surface area contributed by atoms with E-state index < -0.39 is 18.2 Å². The average Bonchev–Trinajstić information content (AvgIpc) is 2.62. The molecule has 0 aromatic carbocycles. The minimum absolute atomic E-state index is 0.0245. The first-order chi connectivity index (χ1) is 8.01. The lowest BCUT2D eigenvalue weighted by atomic mass is 10.2. The van der Waals surface area contributed by atoms with E-state index in [2.05, 4.69) is 29.6 Å². The van der Waals surface area contributed by atoms with Crippen molar-refractivity contribution in [1.29, 1.82) is 0 Å². The summed E-state index contributed by atoms with van der Waals surface area (Å²) in [6, 6.07) is 0. The van der Waals surface area contributed by atoms with E-state index in [1.165, 1.54) is 11.3 Å². The molecule has 0 radical (unpaired) electrons. The summed E-state index contributed by atoms with van der Waals surface area (Å²) >= 11 is 1.33. The lowest BCUT2D eigenvalue weighted by Crippen LogP contribution is -2.37. The molecule has 1 atom stereocenters. The highest BCUT2D eigenvalue weighted by atomic mass is 32.2. The Labute approximate surface area is 114 Å². The molecule has 1 aromatic rings. The normalized spacial score (nSPS) is 15.8. The zero-order valence-electron chi connectivity index (χ0n) is 11.4. The molecule has 0 aliphatic heterocycles. The first-order valence-electron chi connectivity index (χ1n) is 5.51. The van der Waals surface area contributed by atoms with Crippen molar-refractivity contribution in [3.8, 4) is 0 Å². The van der Waals surface area contributed by atoms with Gasteiger partial charge < -0.3 is 0 Å². The second-order valence-electron chi connectivity index (χ2n) is 5.70. The van der Waals surface area contributed by atoms with Gasteiger partial charge in [-0.1, -0.05) is 20.8 Å². The van der Waals surface area contributed by atoms with Gasteiger partial charge in [0.2, 0.25) is 5.69 Å². The van der Waals surface area contributed by atoms with Crippen LogP contribution in [0, 0.1) is 6.57 Å². The topological polar surface area (TPSA) is 59.8 Å². The Kier molecular flexibility index (Phi) is 4.08. The summed E-state index contributed by atoms with van der Waals surface area (Å²) in [5, 5.41) is 9.21. The third kappa shape index (κ3) is 3.01.